The van der Waals surface area contributed by atoms with Gasteiger partial charge in [0.05, 0.1) is 22.7 Å². The zero-order valence-electron chi connectivity index (χ0n) is 11.6. The maximum absolute atomic E-state index is 12.6. The number of carbonyl (C=O) groups is 2. The molecule has 0 unspecified atom stereocenters. The summed E-state index contributed by atoms with van der Waals surface area (Å²) in [6.07, 6.45) is -0.134. The number of thiophene rings is 1. The Bertz CT molecular complexity index is 666. The van der Waals surface area contributed by atoms with Crippen LogP contribution in [0.1, 0.15) is 21.0 Å². The zero-order chi connectivity index (χ0) is 15.4. The maximum atomic E-state index is 12.6. The van der Waals surface area contributed by atoms with Gasteiger partial charge < -0.3 is 15.7 Å². The van der Waals surface area contributed by atoms with E-state index in [0.717, 1.165) is 4.88 Å². The van der Waals surface area contributed by atoms with Crippen molar-refractivity contribution in [3.8, 4) is 0 Å². The number of aliphatic carboxylic acids is 1. The molecular weight excluding hydrogens is 288 g/mol. The number of carboxylic acids is 1. The normalized spacial score (nSPS) is 10.3. The highest BCUT2D eigenvalue weighted by Crippen LogP contribution is 2.26. The number of carboxylic acid groups (broad SMARTS) is 1. The van der Waals surface area contributed by atoms with Crippen LogP contribution >= 0.6 is 11.3 Å². The van der Waals surface area contributed by atoms with Crippen molar-refractivity contribution < 1.29 is 14.7 Å². The van der Waals surface area contributed by atoms with Gasteiger partial charge in [-0.15, -0.1) is 11.3 Å². The average Bonchev–Trinajstić information content (AvgIpc) is 2.87. The van der Waals surface area contributed by atoms with Gasteiger partial charge in [-0.1, -0.05) is 12.1 Å². The molecule has 2 aromatic rings. The van der Waals surface area contributed by atoms with E-state index in [4.69, 9.17) is 10.8 Å². The maximum Gasteiger partial charge on any atom is 0.305 e. The second-order valence-corrected chi connectivity index (χ2v) is 5.86. The van der Waals surface area contributed by atoms with Crippen LogP contribution in [0.15, 0.2) is 36.4 Å². The molecule has 0 saturated carbocycles. The molecule has 0 aliphatic heterocycles. The van der Waals surface area contributed by atoms with Crippen LogP contribution < -0.4 is 10.6 Å². The third kappa shape index (κ3) is 3.61. The summed E-state index contributed by atoms with van der Waals surface area (Å²) in [4.78, 5) is 26.4. The van der Waals surface area contributed by atoms with Crippen molar-refractivity contribution in [2.45, 2.75) is 13.3 Å². The van der Waals surface area contributed by atoms with E-state index in [1.165, 1.54) is 16.2 Å². The molecule has 21 heavy (non-hydrogen) atoms. The average molecular weight is 304 g/mol. The van der Waals surface area contributed by atoms with Gasteiger partial charge in [-0.05, 0) is 31.2 Å². The number of nitrogens with two attached hydrogens (primary N) is 1. The lowest BCUT2D eigenvalue weighted by molar-refractivity contribution is -0.136. The fraction of sp³-hybridized carbons (Fsp3) is 0.200. The van der Waals surface area contributed by atoms with Gasteiger partial charge in [-0.2, -0.15) is 0 Å². The monoisotopic (exact) mass is 304 g/mol. The Labute approximate surface area is 126 Å². The Balaban J connectivity index is 2.34. The van der Waals surface area contributed by atoms with Crippen LogP contribution in [0.3, 0.4) is 0 Å². The number of carbonyl (C=O) groups excluding carboxylic acids is 1. The predicted octanol–water partition coefficient (Wildman–Crippen LogP) is 2.76. The Kier molecular flexibility index (Phi) is 4.59. The molecule has 0 aliphatic carbocycles. The van der Waals surface area contributed by atoms with E-state index >= 15 is 0 Å². The summed E-state index contributed by atoms with van der Waals surface area (Å²) in [5.74, 6) is -1.18. The van der Waals surface area contributed by atoms with Crippen LogP contribution in [0.2, 0.25) is 0 Å². The van der Waals surface area contributed by atoms with Crippen molar-refractivity contribution in [1.82, 2.24) is 0 Å². The third-order valence-corrected chi connectivity index (χ3v) is 3.96. The number of hydrogen-bond donors (Lipinski definition) is 2. The van der Waals surface area contributed by atoms with Crippen molar-refractivity contribution in [2.75, 3.05) is 17.2 Å². The predicted molar refractivity (Wildman–Crippen MR) is 83.8 cm³/mol. The van der Waals surface area contributed by atoms with Gasteiger partial charge in [0.1, 0.15) is 0 Å². The molecular formula is C15H16N2O3S. The van der Waals surface area contributed by atoms with Gasteiger partial charge in [0, 0.05) is 11.4 Å². The van der Waals surface area contributed by atoms with Crippen LogP contribution in [0, 0.1) is 6.92 Å². The molecule has 0 atom stereocenters. The van der Waals surface area contributed by atoms with Gasteiger partial charge in [0.25, 0.3) is 5.91 Å². The lowest BCUT2D eigenvalue weighted by Crippen LogP contribution is -2.33. The molecule has 1 aromatic heterocycles. The van der Waals surface area contributed by atoms with Gasteiger partial charge in [0.15, 0.2) is 0 Å². The number of benzene rings is 1. The Morgan fingerprint density at radius 2 is 1.95 bits per heavy atom. The first-order chi connectivity index (χ1) is 9.99. The summed E-state index contributed by atoms with van der Waals surface area (Å²) in [5.41, 5.74) is 6.90. The fourth-order valence-corrected chi connectivity index (χ4v) is 2.77. The number of amides is 1. The quantitative estimate of drug-likeness (QED) is 0.832. The van der Waals surface area contributed by atoms with E-state index in [-0.39, 0.29) is 18.9 Å². The summed E-state index contributed by atoms with van der Waals surface area (Å²) >= 11 is 1.38. The molecule has 3 N–H and O–H groups in total. The first-order valence-corrected chi connectivity index (χ1v) is 7.25. The molecule has 1 aromatic carbocycles. The second kappa shape index (κ2) is 6.41. The first kappa shape index (κ1) is 15.1. The molecule has 110 valence electrons. The second-order valence-electron chi connectivity index (χ2n) is 4.57. The lowest BCUT2D eigenvalue weighted by atomic mass is 10.2. The van der Waals surface area contributed by atoms with Crippen LogP contribution in [-0.4, -0.2) is 23.5 Å². The first-order valence-electron chi connectivity index (χ1n) is 6.43. The van der Waals surface area contributed by atoms with Crippen molar-refractivity contribution in [3.05, 3.63) is 46.2 Å². The van der Waals surface area contributed by atoms with E-state index in [1.807, 2.05) is 13.0 Å². The standard InChI is InChI=1S/C15H16N2O3S/c1-10-6-7-13(21-10)15(20)17(9-8-14(18)19)12-5-3-2-4-11(12)16/h2-7H,8-9,16H2,1H3,(H,18,19). The molecule has 0 radical (unpaired) electrons. The lowest BCUT2D eigenvalue weighted by Gasteiger charge is -2.23. The highest BCUT2D eigenvalue weighted by molar-refractivity contribution is 7.14. The largest absolute Gasteiger partial charge is 0.481 e. The van der Waals surface area contributed by atoms with E-state index in [2.05, 4.69) is 0 Å². The molecule has 1 amide bonds. The fourth-order valence-electron chi connectivity index (χ4n) is 1.95. The highest BCUT2D eigenvalue weighted by atomic mass is 32.1. The minimum absolute atomic E-state index is 0.0827. The van der Waals surface area contributed by atoms with Crippen LogP contribution in [-0.2, 0) is 4.79 Å². The molecule has 0 aliphatic rings. The number of anilines is 2. The third-order valence-electron chi connectivity index (χ3n) is 2.97. The number of aryl methyl sites for hydroxylation is 1. The van der Waals surface area contributed by atoms with Crippen LogP contribution in [0.5, 0.6) is 0 Å². The Morgan fingerprint density at radius 1 is 1.24 bits per heavy atom. The van der Waals surface area contributed by atoms with Gasteiger partial charge in [-0.3, -0.25) is 9.59 Å². The number of nitrogen functional groups attached to an aromatic ring is 1. The topological polar surface area (TPSA) is 83.6 Å². The number of nitrogens with zero attached hydrogens (tertiary/aromatic N) is 1. The van der Waals surface area contributed by atoms with E-state index in [9.17, 15) is 9.59 Å². The van der Waals surface area contributed by atoms with Crippen molar-refractivity contribution in [1.29, 1.82) is 0 Å². The molecule has 2 rings (SSSR count). The van der Waals surface area contributed by atoms with Gasteiger partial charge in [-0.25, -0.2) is 0 Å². The summed E-state index contributed by atoms with van der Waals surface area (Å²) in [7, 11) is 0. The number of rotatable bonds is 5. The SMILES string of the molecule is Cc1ccc(C(=O)N(CCC(=O)O)c2ccccc2N)s1. The molecule has 0 bridgehead atoms. The van der Waals surface area contributed by atoms with Crippen LogP contribution in [0.25, 0.3) is 0 Å². The van der Waals surface area contributed by atoms with Crippen molar-refractivity contribution >= 4 is 34.6 Å². The smallest absolute Gasteiger partial charge is 0.305 e. The molecule has 0 saturated heterocycles. The summed E-state index contributed by atoms with van der Waals surface area (Å²) in [6.45, 7) is 2.00. The van der Waals surface area contributed by atoms with E-state index in [1.54, 1.807) is 30.3 Å². The Morgan fingerprint density at radius 3 is 2.52 bits per heavy atom. The minimum Gasteiger partial charge on any atom is -0.481 e. The molecule has 0 spiro atoms. The highest BCUT2D eigenvalue weighted by Gasteiger charge is 2.21. The summed E-state index contributed by atoms with van der Waals surface area (Å²) in [5, 5.41) is 8.87. The number of hydrogen-bond acceptors (Lipinski definition) is 4. The number of para-hydroxylation sites is 2. The van der Waals surface area contributed by atoms with Crippen molar-refractivity contribution in [3.63, 3.8) is 0 Å². The zero-order valence-corrected chi connectivity index (χ0v) is 12.4. The van der Waals surface area contributed by atoms with Gasteiger partial charge >= 0.3 is 5.97 Å². The van der Waals surface area contributed by atoms with Crippen molar-refractivity contribution in [2.24, 2.45) is 0 Å². The molecule has 6 heteroatoms. The molecule has 0 fully saturated rings. The van der Waals surface area contributed by atoms with Crippen LogP contribution in [0.4, 0.5) is 11.4 Å². The molecule has 5 nitrogen and oxygen atoms in total. The Hall–Kier alpha value is -2.34. The summed E-state index contributed by atoms with van der Waals surface area (Å²) in [6, 6.07) is 10.6. The minimum atomic E-state index is -0.954. The summed E-state index contributed by atoms with van der Waals surface area (Å²) < 4.78 is 0. The molecule has 1 heterocycles. The van der Waals surface area contributed by atoms with Gasteiger partial charge in [0.2, 0.25) is 0 Å². The van der Waals surface area contributed by atoms with E-state index in [0.29, 0.717) is 16.3 Å². The van der Waals surface area contributed by atoms with E-state index < -0.39 is 5.97 Å².